The molecular weight excluding hydrogens is 289 g/mol. The highest BCUT2D eigenvalue weighted by Crippen LogP contribution is 2.18. The van der Waals surface area contributed by atoms with E-state index in [-0.39, 0.29) is 5.82 Å². The summed E-state index contributed by atoms with van der Waals surface area (Å²) in [6.45, 7) is 2.38. The van der Waals surface area contributed by atoms with Gasteiger partial charge in [0, 0.05) is 0 Å². The lowest BCUT2D eigenvalue weighted by Gasteiger charge is -2.11. The number of hydrogen-bond donors (Lipinski definition) is 1. The molecule has 0 saturated heterocycles. The zero-order chi connectivity index (χ0) is 15.2. The molecule has 110 valence electrons. The highest BCUT2D eigenvalue weighted by molar-refractivity contribution is 7.80. The Morgan fingerprint density at radius 3 is 2.57 bits per heavy atom. The number of benzene rings is 2. The van der Waals surface area contributed by atoms with Crippen LogP contribution in [-0.2, 0) is 0 Å². The third-order valence-corrected chi connectivity index (χ3v) is 3.11. The number of thiocarbonyl (C=S) groups is 1. The lowest BCUT2D eigenvalue weighted by molar-refractivity contribution is 0.216. The Labute approximate surface area is 128 Å². The van der Waals surface area contributed by atoms with E-state index in [1.165, 1.54) is 6.07 Å². The van der Waals surface area contributed by atoms with Crippen LogP contribution in [0.4, 0.5) is 4.39 Å². The van der Waals surface area contributed by atoms with E-state index in [0.717, 1.165) is 0 Å². The maximum Gasteiger partial charge on any atom is 0.129 e. The van der Waals surface area contributed by atoms with Gasteiger partial charge in [-0.25, -0.2) is 4.39 Å². The van der Waals surface area contributed by atoms with Crippen molar-refractivity contribution in [1.29, 1.82) is 0 Å². The Balaban J connectivity index is 1.87. The summed E-state index contributed by atoms with van der Waals surface area (Å²) in [5, 5.41) is 0. The first-order chi connectivity index (χ1) is 10.1. The van der Waals surface area contributed by atoms with E-state index in [1.54, 1.807) is 25.1 Å². The van der Waals surface area contributed by atoms with E-state index in [1.807, 2.05) is 18.2 Å². The van der Waals surface area contributed by atoms with Crippen LogP contribution in [0.25, 0.3) is 0 Å². The molecule has 3 nitrogen and oxygen atoms in total. The van der Waals surface area contributed by atoms with Crippen molar-refractivity contribution in [3.05, 3.63) is 59.4 Å². The summed E-state index contributed by atoms with van der Waals surface area (Å²) in [6.07, 6.45) is 0. The monoisotopic (exact) mass is 305 g/mol. The van der Waals surface area contributed by atoms with Crippen LogP contribution in [0.2, 0.25) is 0 Å². The van der Waals surface area contributed by atoms with Crippen molar-refractivity contribution in [2.24, 2.45) is 5.73 Å². The first-order valence-corrected chi connectivity index (χ1v) is 6.89. The molecule has 0 radical (unpaired) electrons. The summed E-state index contributed by atoms with van der Waals surface area (Å²) in [7, 11) is 0. The molecule has 0 saturated carbocycles. The van der Waals surface area contributed by atoms with Crippen molar-refractivity contribution in [1.82, 2.24) is 0 Å². The SMILES string of the molecule is Cc1cc(OCCOc2ccccc2C(N)=S)ccc1F. The topological polar surface area (TPSA) is 44.5 Å². The molecule has 0 aliphatic rings. The van der Waals surface area contributed by atoms with Crippen LogP contribution in [0.1, 0.15) is 11.1 Å². The summed E-state index contributed by atoms with van der Waals surface area (Å²) in [5.41, 5.74) is 6.87. The van der Waals surface area contributed by atoms with E-state index < -0.39 is 0 Å². The van der Waals surface area contributed by atoms with E-state index in [4.69, 9.17) is 27.4 Å². The van der Waals surface area contributed by atoms with Gasteiger partial charge in [0.1, 0.15) is 35.5 Å². The molecule has 0 aromatic heterocycles. The van der Waals surface area contributed by atoms with Gasteiger partial charge in [-0.1, -0.05) is 24.4 Å². The Morgan fingerprint density at radius 2 is 1.86 bits per heavy atom. The van der Waals surface area contributed by atoms with Gasteiger partial charge in [0.25, 0.3) is 0 Å². The highest BCUT2D eigenvalue weighted by Gasteiger charge is 2.05. The molecule has 0 bridgehead atoms. The first kappa shape index (κ1) is 15.3. The van der Waals surface area contributed by atoms with E-state index >= 15 is 0 Å². The van der Waals surface area contributed by atoms with Crippen LogP contribution < -0.4 is 15.2 Å². The second-order valence-corrected chi connectivity index (χ2v) is 4.91. The normalized spacial score (nSPS) is 10.2. The van der Waals surface area contributed by atoms with Crippen LogP contribution in [-0.4, -0.2) is 18.2 Å². The first-order valence-electron chi connectivity index (χ1n) is 6.48. The van der Waals surface area contributed by atoms with Crippen LogP contribution in [0, 0.1) is 12.7 Å². The van der Waals surface area contributed by atoms with Crippen LogP contribution in [0.3, 0.4) is 0 Å². The van der Waals surface area contributed by atoms with Crippen molar-refractivity contribution in [2.75, 3.05) is 13.2 Å². The Kier molecular flexibility index (Phi) is 5.11. The minimum Gasteiger partial charge on any atom is -0.490 e. The molecular formula is C16H16FNO2S. The summed E-state index contributed by atoms with van der Waals surface area (Å²) in [6, 6.07) is 11.9. The Hall–Kier alpha value is -2.14. The van der Waals surface area contributed by atoms with Gasteiger partial charge < -0.3 is 15.2 Å². The van der Waals surface area contributed by atoms with Gasteiger partial charge in [0.15, 0.2) is 0 Å². The zero-order valence-corrected chi connectivity index (χ0v) is 12.5. The third kappa shape index (κ3) is 4.16. The fourth-order valence-electron chi connectivity index (χ4n) is 1.81. The van der Waals surface area contributed by atoms with Crippen LogP contribution >= 0.6 is 12.2 Å². The largest absolute Gasteiger partial charge is 0.490 e. The second kappa shape index (κ2) is 7.04. The average molecular weight is 305 g/mol. The van der Waals surface area contributed by atoms with Crippen molar-refractivity contribution in [3.8, 4) is 11.5 Å². The molecule has 0 atom stereocenters. The predicted octanol–water partition coefficient (Wildman–Crippen LogP) is 3.23. The molecule has 0 unspecified atom stereocenters. The molecule has 0 fully saturated rings. The van der Waals surface area contributed by atoms with Gasteiger partial charge in [-0.05, 0) is 42.8 Å². The molecule has 2 N–H and O–H groups in total. The predicted molar refractivity (Wildman–Crippen MR) is 84.5 cm³/mol. The number of nitrogens with two attached hydrogens (primary N) is 1. The number of ether oxygens (including phenoxy) is 2. The molecule has 21 heavy (non-hydrogen) atoms. The number of rotatable bonds is 6. The van der Waals surface area contributed by atoms with Crippen LogP contribution in [0.15, 0.2) is 42.5 Å². The number of hydrogen-bond acceptors (Lipinski definition) is 3. The smallest absolute Gasteiger partial charge is 0.129 e. The molecule has 2 aromatic rings. The number of aryl methyl sites for hydroxylation is 1. The quantitative estimate of drug-likeness (QED) is 0.657. The van der Waals surface area contributed by atoms with E-state index in [2.05, 4.69) is 0 Å². The van der Waals surface area contributed by atoms with E-state index in [9.17, 15) is 4.39 Å². The number of para-hydroxylation sites is 1. The third-order valence-electron chi connectivity index (χ3n) is 2.89. The van der Waals surface area contributed by atoms with Crippen molar-refractivity contribution in [3.63, 3.8) is 0 Å². The van der Waals surface area contributed by atoms with Gasteiger partial charge in [-0.2, -0.15) is 0 Å². The van der Waals surface area contributed by atoms with Crippen molar-refractivity contribution >= 4 is 17.2 Å². The molecule has 2 aromatic carbocycles. The van der Waals surface area contributed by atoms with Gasteiger partial charge in [-0.15, -0.1) is 0 Å². The van der Waals surface area contributed by atoms with Crippen molar-refractivity contribution in [2.45, 2.75) is 6.92 Å². The molecule has 2 rings (SSSR count). The van der Waals surface area contributed by atoms with Gasteiger partial charge in [0.05, 0.1) is 5.56 Å². The standard InChI is InChI=1S/C16H16FNO2S/c1-11-10-12(6-7-14(11)17)19-8-9-20-15-5-3-2-4-13(15)16(18)21/h2-7,10H,8-9H2,1H3,(H2,18,21). The minimum atomic E-state index is -0.246. The maximum atomic E-state index is 13.1. The molecule has 0 aliphatic heterocycles. The average Bonchev–Trinajstić information content (AvgIpc) is 2.47. The van der Waals surface area contributed by atoms with Gasteiger partial charge in [-0.3, -0.25) is 0 Å². The summed E-state index contributed by atoms with van der Waals surface area (Å²) < 4.78 is 24.2. The van der Waals surface area contributed by atoms with Crippen LogP contribution in [0.5, 0.6) is 11.5 Å². The fourth-order valence-corrected chi connectivity index (χ4v) is 1.98. The highest BCUT2D eigenvalue weighted by atomic mass is 32.1. The van der Waals surface area contributed by atoms with E-state index in [0.29, 0.717) is 40.8 Å². The van der Waals surface area contributed by atoms with Gasteiger partial charge in [0.2, 0.25) is 0 Å². The molecule has 0 amide bonds. The molecule has 0 spiro atoms. The fraction of sp³-hybridized carbons (Fsp3) is 0.188. The summed E-state index contributed by atoms with van der Waals surface area (Å²) in [4.78, 5) is 0.292. The molecule has 0 heterocycles. The summed E-state index contributed by atoms with van der Waals surface area (Å²) >= 11 is 4.96. The van der Waals surface area contributed by atoms with Crippen molar-refractivity contribution < 1.29 is 13.9 Å². The lowest BCUT2D eigenvalue weighted by atomic mass is 10.2. The Bertz CT molecular complexity index is 646. The molecule has 5 heteroatoms. The number of halogens is 1. The van der Waals surface area contributed by atoms with Gasteiger partial charge >= 0.3 is 0 Å². The second-order valence-electron chi connectivity index (χ2n) is 4.47. The Morgan fingerprint density at radius 1 is 1.14 bits per heavy atom. The lowest BCUT2D eigenvalue weighted by Crippen LogP contribution is -2.14. The molecule has 0 aliphatic carbocycles. The minimum absolute atomic E-state index is 0.246. The maximum absolute atomic E-state index is 13.1. The zero-order valence-electron chi connectivity index (χ0n) is 11.6. The summed E-state index contributed by atoms with van der Waals surface area (Å²) in [5.74, 6) is 0.994.